The van der Waals surface area contributed by atoms with Crippen LogP contribution in [0.2, 0.25) is 0 Å². The molecule has 2 aromatic heterocycles. The van der Waals surface area contributed by atoms with Crippen LogP contribution in [-0.4, -0.2) is 20.2 Å². The normalized spacial score (nSPS) is 11.7. The van der Waals surface area contributed by atoms with Gasteiger partial charge in [0.1, 0.15) is 0 Å². The first-order chi connectivity index (χ1) is 31.1. The predicted molar refractivity (Wildman–Crippen MR) is 262 cm³/mol. The van der Waals surface area contributed by atoms with E-state index in [1.165, 1.54) is 21.8 Å². The standard InChI is InChI=1S/C59H40N4/c60-54(43-18-6-2-7-19-43)38-53(41-16-4-1-5-17-41)49-27-15-22-42-32-35-46(37-52(42)49)40-30-33-45(34-31-40)59-61-55(44-20-8-3-9-21-44)39-56(62-59)47-23-14-24-48(36-47)63-57-28-12-10-25-50(57)51-26-11-13-29-58(51)63/h1-39,60H/b53-38-,60-54?. The summed E-state index contributed by atoms with van der Waals surface area (Å²) in [7, 11) is 0. The van der Waals surface area contributed by atoms with E-state index in [-0.39, 0.29) is 0 Å². The van der Waals surface area contributed by atoms with Gasteiger partial charge in [-0.3, -0.25) is 0 Å². The fourth-order valence-electron chi connectivity index (χ4n) is 8.76. The molecule has 2 heterocycles. The highest BCUT2D eigenvalue weighted by Gasteiger charge is 2.16. The number of benzene rings is 9. The lowest BCUT2D eigenvalue weighted by Gasteiger charge is -2.14. The van der Waals surface area contributed by atoms with Crippen LogP contribution < -0.4 is 0 Å². The average molecular weight is 805 g/mol. The van der Waals surface area contributed by atoms with Gasteiger partial charge in [-0.15, -0.1) is 0 Å². The van der Waals surface area contributed by atoms with Crippen LogP contribution >= 0.6 is 0 Å². The number of aromatic nitrogens is 3. The van der Waals surface area contributed by atoms with Crippen molar-refractivity contribution in [3.63, 3.8) is 0 Å². The number of hydrogen-bond acceptors (Lipinski definition) is 3. The van der Waals surface area contributed by atoms with E-state index in [0.29, 0.717) is 11.5 Å². The number of para-hydroxylation sites is 2. The monoisotopic (exact) mass is 804 g/mol. The quantitative estimate of drug-likeness (QED) is 0.148. The smallest absolute Gasteiger partial charge is 0.160 e. The largest absolute Gasteiger partial charge is 0.309 e. The summed E-state index contributed by atoms with van der Waals surface area (Å²) in [5, 5.41) is 13.8. The lowest BCUT2D eigenvalue weighted by Crippen LogP contribution is -1.98. The van der Waals surface area contributed by atoms with Crippen LogP contribution in [-0.2, 0) is 0 Å². The zero-order valence-electron chi connectivity index (χ0n) is 34.4. The number of fused-ring (bicyclic) bond motifs is 4. The molecule has 63 heavy (non-hydrogen) atoms. The summed E-state index contributed by atoms with van der Waals surface area (Å²) in [5.41, 5.74) is 14.8. The van der Waals surface area contributed by atoms with Gasteiger partial charge in [-0.2, -0.15) is 0 Å². The highest BCUT2D eigenvalue weighted by Crippen LogP contribution is 2.36. The maximum absolute atomic E-state index is 9.06. The van der Waals surface area contributed by atoms with Gasteiger partial charge < -0.3 is 9.98 Å². The van der Waals surface area contributed by atoms with Crippen molar-refractivity contribution >= 4 is 43.9 Å². The maximum Gasteiger partial charge on any atom is 0.160 e. The highest BCUT2D eigenvalue weighted by atomic mass is 15.0. The van der Waals surface area contributed by atoms with Crippen LogP contribution in [0.4, 0.5) is 0 Å². The molecule has 0 saturated heterocycles. The highest BCUT2D eigenvalue weighted by molar-refractivity contribution is 6.14. The van der Waals surface area contributed by atoms with Gasteiger partial charge in [-0.25, -0.2) is 9.97 Å². The molecule has 0 fully saturated rings. The Hall–Kier alpha value is -8.47. The lowest BCUT2D eigenvalue weighted by molar-refractivity contribution is 1.16. The molecule has 0 aliphatic heterocycles. The third kappa shape index (κ3) is 7.20. The molecule has 0 spiro atoms. The van der Waals surface area contributed by atoms with E-state index in [4.69, 9.17) is 15.4 Å². The maximum atomic E-state index is 9.06. The second-order valence-electron chi connectivity index (χ2n) is 15.8. The third-order valence-electron chi connectivity index (χ3n) is 11.9. The van der Waals surface area contributed by atoms with E-state index in [2.05, 4.69) is 193 Å². The summed E-state index contributed by atoms with van der Waals surface area (Å²) in [4.78, 5) is 10.4. The molecular weight excluding hydrogens is 765 g/mol. The first-order valence-corrected chi connectivity index (χ1v) is 21.2. The molecule has 9 aromatic carbocycles. The number of nitrogens with zero attached hydrogens (tertiary/aromatic N) is 3. The Morgan fingerprint density at radius 2 is 0.952 bits per heavy atom. The van der Waals surface area contributed by atoms with E-state index in [9.17, 15) is 0 Å². The van der Waals surface area contributed by atoms with E-state index in [0.717, 1.165) is 77.9 Å². The molecule has 0 aliphatic carbocycles. The molecule has 1 N–H and O–H groups in total. The van der Waals surface area contributed by atoms with Gasteiger partial charge in [0.2, 0.25) is 0 Å². The zero-order chi connectivity index (χ0) is 42.1. The molecule has 11 aromatic rings. The minimum Gasteiger partial charge on any atom is -0.309 e. The molecule has 0 bridgehead atoms. The Bertz CT molecular complexity index is 3440. The summed E-state index contributed by atoms with van der Waals surface area (Å²) >= 11 is 0. The number of hydrogen-bond donors (Lipinski definition) is 1. The van der Waals surface area contributed by atoms with Crippen molar-refractivity contribution in [3.8, 4) is 50.7 Å². The van der Waals surface area contributed by atoms with Crippen LogP contribution in [0.3, 0.4) is 0 Å². The van der Waals surface area contributed by atoms with Gasteiger partial charge in [0, 0.05) is 33.2 Å². The number of nitrogens with one attached hydrogen (secondary N) is 1. The molecule has 0 unspecified atom stereocenters. The molecule has 0 saturated carbocycles. The van der Waals surface area contributed by atoms with Crippen molar-refractivity contribution in [2.24, 2.45) is 0 Å². The van der Waals surface area contributed by atoms with Crippen molar-refractivity contribution in [1.82, 2.24) is 14.5 Å². The zero-order valence-corrected chi connectivity index (χ0v) is 34.4. The lowest BCUT2D eigenvalue weighted by atomic mass is 9.90. The first kappa shape index (κ1) is 37.5. The van der Waals surface area contributed by atoms with Gasteiger partial charge in [-0.1, -0.05) is 194 Å². The Morgan fingerprint density at radius 3 is 1.65 bits per heavy atom. The molecule has 4 nitrogen and oxygen atoms in total. The Labute approximate surface area is 366 Å². The Kier molecular flexibility index (Phi) is 9.64. The van der Waals surface area contributed by atoms with Gasteiger partial charge in [0.05, 0.1) is 28.1 Å². The van der Waals surface area contributed by atoms with Crippen LogP contribution in [0.25, 0.3) is 88.9 Å². The van der Waals surface area contributed by atoms with Gasteiger partial charge in [0.25, 0.3) is 0 Å². The topological polar surface area (TPSA) is 54.6 Å². The Balaban J connectivity index is 0.982. The second kappa shape index (κ2) is 16.2. The second-order valence-corrected chi connectivity index (χ2v) is 15.8. The predicted octanol–water partition coefficient (Wildman–Crippen LogP) is 14.9. The fourth-order valence-corrected chi connectivity index (χ4v) is 8.76. The Morgan fingerprint density at radius 1 is 0.397 bits per heavy atom. The van der Waals surface area contributed by atoms with Crippen molar-refractivity contribution in [3.05, 3.63) is 253 Å². The van der Waals surface area contributed by atoms with E-state index >= 15 is 0 Å². The van der Waals surface area contributed by atoms with Crippen molar-refractivity contribution < 1.29 is 0 Å². The molecular formula is C59H40N4. The van der Waals surface area contributed by atoms with Crippen LogP contribution in [0.1, 0.15) is 16.7 Å². The van der Waals surface area contributed by atoms with Gasteiger partial charge in [-0.05, 0) is 86.6 Å². The van der Waals surface area contributed by atoms with Crippen molar-refractivity contribution in [1.29, 1.82) is 5.41 Å². The van der Waals surface area contributed by atoms with Crippen molar-refractivity contribution in [2.75, 3.05) is 0 Å². The molecule has 4 heteroatoms. The summed E-state index contributed by atoms with van der Waals surface area (Å²) < 4.78 is 2.34. The summed E-state index contributed by atoms with van der Waals surface area (Å²) in [6.07, 6.45) is 2.00. The number of allylic oxidation sites excluding steroid dienone is 1. The van der Waals surface area contributed by atoms with Crippen molar-refractivity contribution in [2.45, 2.75) is 0 Å². The molecule has 0 radical (unpaired) electrons. The molecule has 0 aliphatic rings. The van der Waals surface area contributed by atoms with Gasteiger partial charge >= 0.3 is 0 Å². The van der Waals surface area contributed by atoms with E-state index in [1.54, 1.807) is 0 Å². The minimum absolute atomic E-state index is 0.468. The van der Waals surface area contributed by atoms with Crippen LogP contribution in [0.5, 0.6) is 0 Å². The summed E-state index contributed by atoms with van der Waals surface area (Å²) in [6.45, 7) is 0. The van der Waals surface area contributed by atoms with Crippen LogP contribution in [0.15, 0.2) is 237 Å². The molecule has 0 atom stereocenters. The average Bonchev–Trinajstić information content (AvgIpc) is 3.70. The number of rotatable bonds is 9. The molecule has 11 rings (SSSR count). The molecule has 0 amide bonds. The van der Waals surface area contributed by atoms with Crippen LogP contribution in [0, 0.1) is 5.41 Å². The first-order valence-electron chi connectivity index (χ1n) is 21.2. The fraction of sp³-hybridized carbons (Fsp3) is 0. The SMILES string of the molecule is N=C(/C=C(/c1ccccc1)c1cccc2ccc(-c3ccc(-c4nc(-c5ccccc5)cc(-c5cccc(-n6c7ccccc7c7ccccc76)c5)n4)cc3)cc12)c1ccccc1. The third-order valence-corrected chi connectivity index (χ3v) is 11.9. The molecule has 296 valence electrons. The minimum atomic E-state index is 0.468. The van der Waals surface area contributed by atoms with E-state index < -0.39 is 0 Å². The summed E-state index contributed by atoms with van der Waals surface area (Å²) in [6, 6.07) is 80.3. The summed E-state index contributed by atoms with van der Waals surface area (Å²) in [5.74, 6) is 0.666. The van der Waals surface area contributed by atoms with Gasteiger partial charge in [0.15, 0.2) is 5.82 Å². The van der Waals surface area contributed by atoms with E-state index in [1.807, 2.05) is 48.5 Å².